The molecule has 2 N–H and O–H groups in total. The van der Waals surface area contributed by atoms with Gasteiger partial charge in [-0.25, -0.2) is 0 Å². The van der Waals surface area contributed by atoms with Crippen LogP contribution in [0, 0.1) is 11.8 Å². The summed E-state index contributed by atoms with van der Waals surface area (Å²) in [6.45, 7) is 1.76. The van der Waals surface area contributed by atoms with E-state index >= 15 is 0 Å². The summed E-state index contributed by atoms with van der Waals surface area (Å²) >= 11 is 0. The second kappa shape index (κ2) is 10.9. The highest BCUT2D eigenvalue weighted by molar-refractivity contribution is 5.64. The Morgan fingerprint density at radius 1 is 1.23 bits per heavy atom. The van der Waals surface area contributed by atoms with Gasteiger partial charge in [-0.3, -0.25) is 0 Å². The van der Waals surface area contributed by atoms with Crippen LogP contribution in [0.15, 0.2) is 24.3 Å². The molecule has 3 fully saturated rings. The number of aliphatic carboxylic acids is 1. The Hall–Kier alpha value is -1.17. The molecule has 0 aromatic carbocycles. The van der Waals surface area contributed by atoms with Crippen molar-refractivity contribution in [3.63, 3.8) is 0 Å². The molecule has 2 bridgehead atoms. The highest BCUT2D eigenvalue weighted by Crippen LogP contribution is 2.46. The number of carbonyl (C=O) groups is 1. The second-order valence-electron chi connectivity index (χ2n) is 7.82. The zero-order chi connectivity index (χ0) is 18.9. The maximum absolute atomic E-state index is 10.4. The molecular weight excluding hydrogens is 332 g/mol. The molecule has 2 heterocycles. The number of allylic oxidation sites excluding steroid dienone is 2. The van der Waals surface area contributed by atoms with Crippen molar-refractivity contribution in [3.8, 4) is 0 Å². The van der Waals surface area contributed by atoms with Crippen molar-refractivity contribution in [1.29, 1.82) is 0 Å². The Balaban J connectivity index is 1.75. The third-order valence-corrected chi connectivity index (χ3v) is 5.48. The fraction of sp³-hybridized carbons (Fsp3) is 0.762. The first kappa shape index (κ1) is 21.1. The largest absolute Gasteiger partial charge is 0.550 e. The van der Waals surface area contributed by atoms with Crippen LogP contribution in [0.5, 0.6) is 0 Å². The molecule has 5 nitrogen and oxygen atoms in total. The molecule has 148 valence electrons. The predicted molar refractivity (Wildman–Crippen MR) is 98.2 cm³/mol. The Kier molecular flexibility index (Phi) is 8.82. The molecule has 2 aliphatic heterocycles. The Bertz CT molecular complexity index is 479. The third-order valence-electron chi connectivity index (χ3n) is 5.48. The lowest BCUT2D eigenvalue weighted by molar-refractivity contribution is -0.305. The van der Waals surface area contributed by atoms with Crippen molar-refractivity contribution in [3.05, 3.63) is 24.3 Å². The van der Waals surface area contributed by atoms with E-state index in [1.54, 1.807) is 6.92 Å². The topological polar surface area (TPSA) is 89.8 Å². The number of aliphatic hydroxyl groups is 2. The van der Waals surface area contributed by atoms with E-state index in [0.717, 1.165) is 32.1 Å². The van der Waals surface area contributed by atoms with Crippen molar-refractivity contribution >= 4 is 5.97 Å². The molecule has 0 radical (unpaired) electrons. The van der Waals surface area contributed by atoms with Crippen molar-refractivity contribution < 1.29 is 24.9 Å². The lowest BCUT2D eigenvalue weighted by Crippen LogP contribution is -2.49. The number of ether oxygens (including phenoxy) is 1. The minimum atomic E-state index is -0.989. The van der Waals surface area contributed by atoms with Crippen LogP contribution in [0.1, 0.15) is 64.7 Å². The summed E-state index contributed by atoms with van der Waals surface area (Å²) in [5.41, 5.74) is 0. The van der Waals surface area contributed by atoms with Crippen LogP contribution in [0.25, 0.3) is 0 Å². The van der Waals surface area contributed by atoms with Crippen LogP contribution < -0.4 is 5.11 Å². The van der Waals surface area contributed by atoms with Crippen molar-refractivity contribution in [1.82, 2.24) is 0 Å². The minimum absolute atomic E-state index is 0.0479. The first-order valence-electron chi connectivity index (χ1n) is 10.0. The van der Waals surface area contributed by atoms with E-state index < -0.39 is 12.1 Å². The van der Waals surface area contributed by atoms with E-state index in [2.05, 4.69) is 12.2 Å². The van der Waals surface area contributed by atoms with Crippen LogP contribution in [0.3, 0.4) is 0 Å². The lowest BCUT2D eigenvalue weighted by atomic mass is 9.67. The van der Waals surface area contributed by atoms with Crippen molar-refractivity contribution in [2.24, 2.45) is 11.8 Å². The second-order valence-corrected chi connectivity index (χ2v) is 7.82. The zero-order valence-corrected chi connectivity index (χ0v) is 15.8. The number of carbonyl (C=O) groups excluding carboxylic acids is 1. The van der Waals surface area contributed by atoms with Crippen LogP contribution in [-0.2, 0) is 9.53 Å². The van der Waals surface area contributed by atoms with Gasteiger partial charge in [0.1, 0.15) is 0 Å². The van der Waals surface area contributed by atoms with Crippen LogP contribution >= 0.6 is 0 Å². The molecule has 0 aromatic rings. The molecular formula is C21H33O5-. The molecule has 2 saturated heterocycles. The number of hydrogen-bond donors (Lipinski definition) is 2. The normalized spacial score (nSPS) is 30.4. The van der Waals surface area contributed by atoms with Gasteiger partial charge in [0.05, 0.1) is 24.4 Å². The Morgan fingerprint density at radius 3 is 2.69 bits per heavy atom. The molecule has 4 atom stereocenters. The van der Waals surface area contributed by atoms with E-state index in [1.807, 2.05) is 12.2 Å². The van der Waals surface area contributed by atoms with Gasteiger partial charge in [0, 0.05) is 5.97 Å². The van der Waals surface area contributed by atoms with Crippen LogP contribution in [-0.4, -0.2) is 40.6 Å². The van der Waals surface area contributed by atoms with E-state index in [0.29, 0.717) is 37.2 Å². The SMILES string of the molecule is CC(O)CCC[C@H](O)/C=C/[C@H]1OC2CC(C2)[C@@H]1C/C=C\CCCC(=O)[O-]. The minimum Gasteiger partial charge on any atom is -0.550 e. The van der Waals surface area contributed by atoms with E-state index in [-0.39, 0.29) is 18.6 Å². The number of aliphatic hydroxyl groups excluding tert-OH is 2. The number of carboxylic acid groups (broad SMARTS) is 1. The molecule has 3 rings (SSSR count). The van der Waals surface area contributed by atoms with E-state index in [9.17, 15) is 20.1 Å². The maximum atomic E-state index is 10.4. The summed E-state index contributed by atoms with van der Waals surface area (Å²) in [7, 11) is 0. The smallest absolute Gasteiger partial charge is 0.0794 e. The van der Waals surface area contributed by atoms with Gasteiger partial charge in [-0.05, 0) is 76.5 Å². The monoisotopic (exact) mass is 365 g/mol. The molecule has 3 aliphatic rings. The molecule has 1 aliphatic carbocycles. The van der Waals surface area contributed by atoms with Crippen molar-refractivity contribution in [2.45, 2.75) is 89.1 Å². The molecule has 0 aromatic heterocycles. The van der Waals surface area contributed by atoms with Gasteiger partial charge in [0.25, 0.3) is 0 Å². The molecule has 26 heavy (non-hydrogen) atoms. The highest BCUT2D eigenvalue weighted by Gasteiger charge is 2.45. The third kappa shape index (κ3) is 7.22. The van der Waals surface area contributed by atoms with Crippen molar-refractivity contribution in [2.75, 3.05) is 0 Å². The fourth-order valence-corrected chi connectivity index (χ4v) is 3.86. The van der Waals surface area contributed by atoms with Gasteiger partial charge in [-0.15, -0.1) is 0 Å². The quantitative estimate of drug-likeness (QED) is 0.408. The first-order chi connectivity index (χ1) is 12.5. The van der Waals surface area contributed by atoms with Gasteiger partial charge < -0.3 is 24.9 Å². The van der Waals surface area contributed by atoms with Gasteiger partial charge in [0.2, 0.25) is 0 Å². The molecule has 0 amide bonds. The number of fused-ring (bicyclic) bond motifs is 2. The molecule has 1 unspecified atom stereocenters. The summed E-state index contributed by atoms with van der Waals surface area (Å²) in [6, 6.07) is 0. The maximum Gasteiger partial charge on any atom is 0.0794 e. The highest BCUT2D eigenvalue weighted by atomic mass is 16.5. The number of rotatable bonds is 12. The summed E-state index contributed by atoms with van der Waals surface area (Å²) in [6.07, 6.45) is 14.5. The lowest BCUT2D eigenvalue weighted by Gasteiger charge is -2.50. The molecule has 0 spiro atoms. The van der Waals surface area contributed by atoms with Gasteiger partial charge in [-0.2, -0.15) is 0 Å². The summed E-state index contributed by atoms with van der Waals surface area (Å²) in [5, 5.41) is 29.8. The fourth-order valence-electron chi connectivity index (χ4n) is 3.86. The first-order valence-corrected chi connectivity index (χ1v) is 10.0. The van der Waals surface area contributed by atoms with E-state index in [1.165, 1.54) is 0 Å². The number of unbranched alkanes of at least 4 members (excludes halogenated alkanes) is 1. The van der Waals surface area contributed by atoms with Crippen LogP contribution in [0.4, 0.5) is 0 Å². The summed E-state index contributed by atoms with van der Waals surface area (Å²) < 4.78 is 6.11. The average Bonchev–Trinajstić information content (AvgIpc) is 2.55. The molecule has 1 saturated carbocycles. The van der Waals surface area contributed by atoms with E-state index in [4.69, 9.17) is 4.74 Å². The Labute approximate surface area is 156 Å². The number of carboxylic acids is 1. The predicted octanol–water partition coefficient (Wildman–Crippen LogP) is 2.11. The average molecular weight is 365 g/mol. The standard InChI is InChI=1S/C21H34O5/c1-15(22)7-6-8-17(23)11-12-20-19(16-13-18(14-16)26-20)9-4-2-3-5-10-21(24)25/h2,4,11-12,15-20,22-23H,3,5-10,13-14H2,1H3,(H,24,25)/p-1/b4-2-,12-11+/t15?,16?,17-,18?,19-,20+/m0/s1. The summed E-state index contributed by atoms with van der Waals surface area (Å²) in [4.78, 5) is 10.4. The van der Waals surface area contributed by atoms with Gasteiger partial charge in [0.15, 0.2) is 0 Å². The molecule has 5 heteroatoms. The number of hydrogen-bond acceptors (Lipinski definition) is 5. The van der Waals surface area contributed by atoms with Gasteiger partial charge in [-0.1, -0.05) is 24.3 Å². The van der Waals surface area contributed by atoms with Gasteiger partial charge >= 0.3 is 0 Å². The Morgan fingerprint density at radius 2 is 2.00 bits per heavy atom. The zero-order valence-electron chi connectivity index (χ0n) is 15.8. The van der Waals surface area contributed by atoms with Crippen LogP contribution in [0.2, 0.25) is 0 Å². The summed E-state index contributed by atoms with van der Waals surface area (Å²) in [5.74, 6) is 0.124.